The van der Waals surface area contributed by atoms with Gasteiger partial charge in [-0.15, -0.1) is 0 Å². The number of aromatic nitrogens is 2. The standard InChI is InChI=1S/C21H28FN5O2S/c1-13-7-14(2)11-27(10-13)18(28)12-25-3-5-26(6-4-25)20(29)16-8-15(22)9-17-19(16)24-21(30)23-17/h8-9,13-14H,3-7,10-12H2,1-2H3,(H2,23,24,30). The van der Waals surface area contributed by atoms with Crippen LogP contribution in [-0.4, -0.2) is 82.3 Å². The second kappa shape index (κ2) is 8.47. The summed E-state index contributed by atoms with van der Waals surface area (Å²) in [5, 5.41) is 0. The van der Waals surface area contributed by atoms with Gasteiger partial charge in [-0.3, -0.25) is 14.5 Å². The van der Waals surface area contributed by atoms with E-state index in [9.17, 15) is 14.0 Å². The van der Waals surface area contributed by atoms with Crippen molar-refractivity contribution in [2.24, 2.45) is 11.8 Å². The van der Waals surface area contributed by atoms with Gasteiger partial charge in [-0.25, -0.2) is 4.39 Å². The fraction of sp³-hybridized carbons (Fsp3) is 0.571. The zero-order valence-electron chi connectivity index (χ0n) is 17.4. The number of carbonyl (C=O) groups is 2. The number of imidazole rings is 1. The maximum atomic E-state index is 14.0. The minimum Gasteiger partial charge on any atom is -0.341 e. The van der Waals surface area contributed by atoms with Crippen LogP contribution < -0.4 is 0 Å². The Hall–Kier alpha value is -2.26. The summed E-state index contributed by atoms with van der Waals surface area (Å²) in [6, 6.07) is 2.57. The first kappa shape index (κ1) is 21.0. The number of nitrogens with one attached hydrogen (secondary N) is 2. The summed E-state index contributed by atoms with van der Waals surface area (Å²) in [5.74, 6) is 0.534. The van der Waals surface area contributed by atoms with E-state index in [2.05, 4.69) is 28.7 Å². The van der Waals surface area contributed by atoms with Crippen LogP contribution >= 0.6 is 12.2 Å². The molecule has 2 aromatic rings. The van der Waals surface area contributed by atoms with E-state index in [4.69, 9.17) is 12.2 Å². The topological polar surface area (TPSA) is 75.4 Å². The Morgan fingerprint density at radius 1 is 1.07 bits per heavy atom. The third-order valence-corrected chi connectivity index (χ3v) is 6.26. The molecule has 2 N–H and O–H groups in total. The fourth-order valence-corrected chi connectivity index (χ4v) is 4.93. The third-order valence-electron chi connectivity index (χ3n) is 6.06. The lowest BCUT2D eigenvalue weighted by Gasteiger charge is -2.38. The largest absolute Gasteiger partial charge is 0.341 e. The van der Waals surface area contributed by atoms with Crippen LogP contribution in [0.1, 0.15) is 30.6 Å². The molecular weight excluding hydrogens is 405 g/mol. The molecule has 1 aromatic heterocycles. The van der Waals surface area contributed by atoms with Gasteiger partial charge in [-0.05, 0) is 42.6 Å². The van der Waals surface area contributed by atoms with Gasteiger partial charge in [-0.2, -0.15) is 0 Å². The number of amides is 2. The first-order valence-electron chi connectivity index (χ1n) is 10.5. The van der Waals surface area contributed by atoms with E-state index in [1.807, 2.05) is 4.90 Å². The average molecular weight is 434 g/mol. The molecule has 2 amide bonds. The Morgan fingerprint density at radius 2 is 1.73 bits per heavy atom. The molecule has 1 aromatic carbocycles. The molecule has 2 fully saturated rings. The Morgan fingerprint density at radius 3 is 2.40 bits per heavy atom. The summed E-state index contributed by atoms with van der Waals surface area (Å²) >= 11 is 5.08. The summed E-state index contributed by atoms with van der Waals surface area (Å²) in [6.07, 6.45) is 1.17. The maximum Gasteiger partial charge on any atom is 0.256 e. The Kier molecular flexibility index (Phi) is 5.92. The van der Waals surface area contributed by atoms with E-state index < -0.39 is 5.82 Å². The van der Waals surface area contributed by atoms with Gasteiger partial charge >= 0.3 is 0 Å². The normalized spacial score (nSPS) is 23.2. The SMILES string of the molecule is CC1CC(C)CN(C(=O)CN2CCN(C(=O)c3cc(F)cc4[nH]c(=S)[nH]c34)CC2)C1. The molecule has 0 saturated carbocycles. The number of rotatable bonds is 3. The van der Waals surface area contributed by atoms with Gasteiger partial charge in [-0.1, -0.05) is 13.8 Å². The smallest absolute Gasteiger partial charge is 0.256 e. The van der Waals surface area contributed by atoms with Crippen molar-refractivity contribution in [2.45, 2.75) is 20.3 Å². The molecule has 2 saturated heterocycles. The highest BCUT2D eigenvalue weighted by Crippen LogP contribution is 2.22. The van der Waals surface area contributed by atoms with Crippen molar-refractivity contribution in [3.63, 3.8) is 0 Å². The number of benzene rings is 1. The highest BCUT2D eigenvalue weighted by atomic mass is 32.1. The lowest BCUT2D eigenvalue weighted by molar-refractivity contribution is -0.135. The Balaban J connectivity index is 1.37. The number of piperidine rings is 1. The summed E-state index contributed by atoms with van der Waals surface area (Å²) < 4.78 is 14.3. The summed E-state index contributed by atoms with van der Waals surface area (Å²) in [6.45, 7) is 8.68. The molecule has 2 aliphatic rings. The Labute approximate surface area is 180 Å². The molecule has 2 unspecified atom stereocenters. The minimum absolute atomic E-state index is 0.167. The lowest BCUT2D eigenvalue weighted by atomic mass is 9.92. The van der Waals surface area contributed by atoms with Crippen molar-refractivity contribution < 1.29 is 14.0 Å². The van der Waals surface area contributed by atoms with Gasteiger partial charge in [0.25, 0.3) is 5.91 Å². The molecule has 7 nitrogen and oxygen atoms in total. The highest BCUT2D eigenvalue weighted by Gasteiger charge is 2.29. The van der Waals surface area contributed by atoms with E-state index >= 15 is 0 Å². The number of hydrogen-bond acceptors (Lipinski definition) is 4. The second-order valence-electron chi connectivity index (χ2n) is 8.77. The molecule has 4 rings (SSSR count). The van der Waals surface area contributed by atoms with Crippen molar-refractivity contribution in [3.8, 4) is 0 Å². The van der Waals surface area contributed by atoms with Crippen LogP contribution in [0.3, 0.4) is 0 Å². The van der Waals surface area contributed by atoms with Crippen LogP contribution in [0.25, 0.3) is 11.0 Å². The second-order valence-corrected chi connectivity index (χ2v) is 9.18. The summed E-state index contributed by atoms with van der Waals surface area (Å²) in [7, 11) is 0. The summed E-state index contributed by atoms with van der Waals surface area (Å²) in [5.41, 5.74) is 1.29. The molecule has 0 spiro atoms. The predicted molar refractivity (Wildman–Crippen MR) is 115 cm³/mol. The average Bonchev–Trinajstić information content (AvgIpc) is 3.06. The van der Waals surface area contributed by atoms with Crippen LogP contribution in [-0.2, 0) is 4.79 Å². The van der Waals surface area contributed by atoms with E-state index in [0.717, 1.165) is 13.1 Å². The number of hydrogen-bond donors (Lipinski definition) is 2. The highest BCUT2D eigenvalue weighted by molar-refractivity contribution is 7.71. The zero-order chi connectivity index (χ0) is 21.4. The molecule has 0 aliphatic carbocycles. The number of aromatic amines is 2. The van der Waals surface area contributed by atoms with Crippen molar-refractivity contribution in [2.75, 3.05) is 45.8 Å². The lowest BCUT2D eigenvalue weighted by Crippen LogP contribution is -2.53. The number of piperazine rings is 1. The van der Waals surface area contributed by atoms with Gasteiger partial charge in [0.2, 0.25) is 5.91 Å². The quantitative estimate of drug-likeness (QED) is 0.730. The van der Waals surface area contributed by atoms with E-state index in [1.165, 1.54) is 18.6 Å². The fourth-order valence-electron chi connectivity index (χ4n) is 4.71. The van der Waals surface area contributed by atoms with Crippen molar-refractivity contribution in [1.82, 2.24) is 24.7 Å². The van der Waals surface area contributed by atoms with Crippen LogP contribution in [0.4, 0.5) is 4.39 Å². The molecule has 30 heavy (non-hydrogen) atoms. The third kappa shape index (κ3) is 4.41. The van der Waals surface area contributed by atoms with Gasteiger partial charge in [0.15, 0.2) is 4.77 Å². The number of fused-ring (bicyclic) bond motifs is 1. The zero-order valence-corrected chi connectivity index (χ0v) is 18.2. The molecule has 0 radical (unpaired) electrons. The molecule has 2 atom stereocenters. The number of nitrogens with zero attached hydrogens (tertiary/aromatic N) is 3. The molecule has 162 valence electrons. The molecule has 3 heterocycles. The number of H-pyrrole nitrogens is 2. The van der Waals surface area contributed by atoms with E-state index in [0.29, 0.717) is 60.4 Å². The van der Waals surface area contributed by atoms with Crippen molar-refractivity contribution >= 4 is 35.1 Å². The first-order valence-corrected chi connectivity index (χ1v) is 10.9. The van der Waals surface area contributed by atoms with Gasteiger partial charge < -0.3 is 19.8 Å². The monoisotopic (exact) mass is 433 g/mol. The predicted octanol–water partition coefficient (Wildman–Crippen LogP) is 2.63. The molecule has 0 bridgehead atoms. The number of likely N-dealkylation sites (tertiary alicyclic amines) is 1. The van der Waals surface area contributed by atoms with E-state index in [-0.39, 0.29) is 17.4 Å². The van der Waals surface area contributed by atoms with Crippen molar-refractivity contribution in [1.29, 1.82) is 0 Å². The number of carbonyl (C=O) groups excluding carboxylic acids is 2. The van der Waals surface area contributed by atoms with Crippen LogP contribution in [0.15, 0.2) is 12.1 Å². The Bertz CT molecular complexity index is 1000. The first-order chi connectivity index (χ1) is 14.3. The molecule has 9 heteroatoms. The van der Waals surface area contributed by atoms with Crippen LogP contribution in [0.2, 0.25) is 0 Å². The maximum absolute atomic E-state index is 14.0. The van der Waals surface area contributed by atoms with Crippen molar-refractivity contribution in [3.05, 3.63) is 28.3 Å². The minimum atomic E-state index is -0.481. The van der Waals surface area contributed by atoms with Crippen LogP contribution in [0, 0.1) is 22.4 Å². The van der Waals surface area contributed by atoms with Crippen LogP contribution in [0.5, 0.6) is 0 Å². The number of halogens is 1. The van der Waals surface area contributed by atoms with Gasteiger partial charge in [0.05, 0.1) is 23.1 Å². The van der Waals surface area contributed by atoms with Gasteiger partial charge in [0.1, 0.15) is 5.82 Å². The molecule has 2 aliphatic heterocycles. The van der Waals surface area contributed by atoms with Gasteiger partial charge in [0, 0.05) is 39.3 Å². The molecular formula is C21H28FN5O2S. The summed E-state index contributed by atoms with van der Waals surface area (Å²) in [4.78, 5) is 37.3. The van der Waals surface area contributed by atoms with E-state index in [1.54, 1.807) is 4.90 Å².